The second kappa shape index (κ2) is 9.37. The van der Waals surface area contributed by atoms with Crippen LogP contribution in [0.1, 0.15) is 13.3 Å². The number of carbonyl (C=O) groups is 2. The zero-order valence-electron chi connectivity index (χ0n) is 15.9. The Morgan fingerprint density at radius 1 is 1.34 bits per heavy atom. The number of hydrogen-bond donors (Lipinski definition) is 6. The van der Waals surface area contributed by atoms with E-state index < -0.39 is 61.1 Å². The lowest BCUT2D eigenvalue weighted by molar-refractivity contribution is -0.284. The highest BCUT2D eigenvalue weighted by atomic mass is 16.7. The van der Waals surface area contributed by atoms with Gasteiger partial charge in [-0.2, -0.15) is 0 Å². The number of ether oxygens (including phenoxy) is 3. The molecule has 1 saturated heterocycles. The Labute approximate surface area is 166 Å². The van der Waals surface area contributed by atoms with Crippen molar-refractivity contribution in [3.05, 3.63) is 24.3 Å². The highest BCUT2D eigenvalue weighted by Crippen LogP contribution is 2.35. The maximum Gasteiger partial charge on any atom is 0.377 e. The molecular formula is C18H25NO10. The Kier molecular flexibility index (Phi) is 7.38. The first kappa shape index (κ1) is 22.8. The third-order valence-corrected chi connectivity index (χ3v) is 4.51. The minimum Gasteiger partial charge on any atom is -0.497 e. The fraction of sp³-hybridized carbons (Fsp3) is 0.556. The summed E-state index contributed by atoms with van der Waals surface area (Å²) in [5.41, 5.74) is 0. The summed E-state index contributed by atoms with van der Waals surface area (Å²) >= 11 is 0. The molecule has 6 atom stereocenters. The molecule has 1 aromatic rings. The number of hydrogen-bond acceptors (Lipinski definition) is 9. The van der Waals surface area contributed by atoms with Gasteiger partial charge >= 0.3 is 11.8 Å². The van der Waals surface area contributed by atoms with Gasteiger partial charge in [0.25, 0.3) is 0 Å². The van der Waals surface area contributed by atoms with Crippen LogP contribution in [0.5, 0.6) is 11.5 Å². The number of aliphatic hydroxyl groups is 4. The van der Waals surface area contributed by atoms with Crippen molar-refractivity contribution in [1.29, 1.82) is 0 Å². The smallest absolute Gasteiger partial charge is 0.377 e. The third kappa shape index (κ3) is 5.14. The molecule has 0 aliphatic carbocycles. The Balaban J connectivity index is 2.42. The van der Waals surface area contributed by atoms with Crippen LogP contribution >= 0.6 is 0 Å². The van der Waals surface area contributed by atoms with Gasteiger partial charge in [-0.15, -0.1) is 0 Å². The molecule has 1 aliphatic heterocycles. The molecule has 0 unspecified atom stereocenters. The molecule has 2 rings (SSSR count). The second-order valence-electron chi connectivity index (χ2n) is 6.66. The number of carboxylic acids is 1. The predicted octanol–water partition coefficient (Wildman–Crippen LogP) is -1.78. The lowest BCUT2D eigenvalue weighted by Crippen LogP contribution is -2.68. The van der Waals surface area contributed by atoms with Crippen LogP contribution in [0.4, 0.5) is 0 Å². The van der Waals surface area contributed by atoms with Crippen molar-refractivity contribution in [3.8, 4) is 11.5 Å². The average molecular weight is 415 g/mol. The molecule has 11 nitrogen and oxygen atoms in total. The summed E-state index contributed by atoms with van der Waals surface area (Å²) in [6, 6.07) is 4.73. The Hall–Kier alpha value is -2.44. The first-order valence-corrected chi connectivity index (χ1v) is 8.80. The molecule has 1 aliphatic rings. The minimum atomic E-state index is -2.44. The van der Waals surface area contributed by atoms with Crippen LogP contribution in [0.3, 0.4) is 0 Å². The Morgan fingerprint density at radius 2 is 2.00 bits per heavy atom. The van der Waals surface area contributed by atoms with E-state index in [1.54, 1.807) is 12.1 Å². The maximum atomic E-state index is 12.0. The van der Waals surface area contributed by atoms with Gasteiger partial charge in [0.05, 0.1) is 32.3 Å². The molecule has 0 saturated carbocycles. The normalized spacial score (nSPS) is 28.8. The minimum absolute atomic E-state index is 0.0490. The van der Waals surface area contributed by atoms with E-state index in [0.717, 1.165) is 6.92 Å². The van der Waals surface area contributed by atoms with Crippen molar-refractivity contribution < 1.29 is 49.3 Å². The number of aliphatic hydroxyl groups excluding tert-OH is 4. The van der Waals surface area contributed by atoms with E-state index >= 15 is 0 Å². The van der Waals surface area contributed by atoms with Crippen LogP contribution < -0.4 is 14.8 Å². The Bertz CT molecular complexity index is 728. The number of benzene rings is 1. The summed E-state index contributed by atoms with van der Waals surface area (Å²) in [4.78, 5) is 23.5. The van der Waals surface area contributed by atoms with Crippen molar-refractivity contribution in [2.75, 3.05) is 13.7 Å². The average Bonchev–Trinajstić information content (AvgIpc) is 2.68. The third-order valence-electron chi connectivity index (χ3n) is 4.51. The number of carbonyl (C=O) groups excluding carboxylic acids is 1. The van der Waals surface area contributed by atoms with Crippen LogP contribution in [-0.2, 0) is 14.3 Å². The van der Waals surface area contributed by atoms with Crippen molar-refractivity contribution >= 4 is 11.9 Å². The second-order valence-corrected chi connectivity index (χ2v) is 6.66. The fourth-order valence-corrected chi connectivity index (χ4v) is 3.09. The van der Waals surface area contributed by atoms with Gasteiger partial charge in [0.2, 0.25) is 5.91 Å². The lowest BCUT2D eigenvalue weighted by Gasteiger charge is -2.46. The summed E-state index contributed by atoms with van der Waals surface area (Å²) in [5, 5.41) is 52.0. The number of nitrogens with one attached hydrogen (secondary N) is 1. The van der Waals surface area contributed by atoms with Gasteiger partial charge in [-0.3, -0.25) is 4.79 Å². The fourth-order valence-electron chi connectivity index (χ4n) is 3.09. The van der Waals surface area contributed by atoms with E-state index in [0.29, 0.717) is 5.75 Å². The van der Waals surface area contributed by atoms with Gasteiger partial charge in [0.1, 0.15) is 29.8 Å². The molecule has 0 aromatic heterocycles. The SMILES string of the molecule is COc1cccc(O[C@@]2(C(=O)O)C[C@H](O)[C@@H](NC(C)=O)[C@H]([C@H](O)[C@H](O)CO)O2)c1. The molecule has 11 heteroatoms. The van der Waals surface area contributed by atoms with E-state index in [4.69, 9.17) is 19.3 Å². The number of carboxylic acid groups (broad SMARTS) is 1. The zero-order valence-corrected chi connectivity index (χ0v) is 15.9. The topological polar surface area (TPSA) is 175 Å². The number of methoxy groups -OCH3 is 1. The van der Waals surface area contributed by atoms with Crippen LogP contribution in [-0.4, -0.2) is 87.4 Å². The molecule has 0 bridgehead atoms. The number of amides is 1. The summed E-state index contributed by atoms with van der Waals surface area (Å²) < 4.78 is 16.1. The van der Waals surface area contributed by atoms with Crippen LogP contribution in [0.2, 0.25) is 0 Å². The first-order chi connectivity index (χ1) is 13.6. The van der Waals surface area contributed by atoms with E-state index in [1.165, 1.54) is 19.2 Å². The number of rotatable bonds is 8. The summed E-state index contributed by atoms with van der Waals surface area (Å²) in [7, 11) is 1.41. The van der Waals surface area contributed by atoms with Crippen LogP contribution in [0.25, 0.3) is 0 Å². The standard InChI is InChI=1S/C18H25NO10/c1-9(21)19-14-12(22)7-18(17(25)26,29-16(14)15(24)13(23)8-20)28-11-5-3-4-10(6-11)27-2/h3-6,12-16,20,22-24H,7-8H2,1-2H3,(H,19,21)(H,25,26)/t12-,13+,14+,15+,16+,18-/m0/s1. The van der Waals surface area contributed by atoms with E-state index in [9.17, 15) is 30.0 Å². The molecule has 1 fully saturated rings. The van der Waals surface area contributed by atoms with Gasteiger partial charge in [0, 0.05) is 13.0 Å². The molecule has 6 N–H and O–H groups in total. The van der Waals surface area contributed by atoms with Crippen molar-refractivity contribution in [2.45, 2.75) is 49.6 Å². The molecule has 0 spiro atoms. The number of aliphatic carboxylic acids is 1. The molecule has 1 heterocycles. The first-order valence-electron chi connectivity index (χ1n) is 8.80. The molecule has 162 valence electrons. The van der Waals surface area contributed by atoms with Crippen molar-refractivity contribution in [2.24, 2.45) is 0 Å². The molecule has 0 radical (unpaired) electrons. The molecule has 1 aromatic carbocycles. The highest BCUT2D eigenvalue weighted by Gasteiger charge is 2.56. The van der Waals surface area contributed by atoms with E-state index in [-0.39, 0.29) is 5.75 Å². The summed E-state index contributed by atoms with van der Waals surface area (Å²) in [6.45, 7) is 0.297. The molecule has 29 heavy (non-hydrogen) atoms. The van der Waals surface area contributed by atoms with Gasteiger partial charge in [0.15, 0.2) is 0 Å². The predicted molar refractivity (Wildman–Crippen MR) is 96.2 cm³/mol. The van der Waals surface area contributed by atoms with E-state index in [2.05, 4.69) is 5.32 Å². The van der Waals surface area contributed by atoms with Gasteiger partial charge in [-0.25, -0.2) is 4.79 Å². The zero-order chi connectivity index (χ0) is 21.8. The molecular weight excluding hydrogens is 390 g/mol. The summed E-state index contributed by atoms with van der Waals surface area (Å²) in [5.74, 6) is -4.20. The Morgan fingerprint density at radius 3 is 2.55 bits per heavy atom. The van der Waals surface area contributed by atoms with Crippen molar-refractivity contribution in [3.63, 3.8) is 0 Å². The lowest BCUT2D eigenvalue weighted by atomic mass is 9.88. The quantitative estimate of drug-likeness (QED) is 0.285. The molecule has 1 amide bonds. The van der Waals surface area contributed by atoms with Gasteiger partial charge in [-0.05, 0) is 12.1 Å². The van der Waals surface area contributed by atoms with Gasteiger partial charge in [-0.1, -0.05) is 6.07 Å². The maximum absolute atomic E-state index is 12.0. The highest BCUT2D eigenvalue weighted by molar-refractivity contribution is 5.77. The van der Waals surface area contributed by atoms with E-state index in [1.807, 2.05) is 0 Å². The monoisotopic (exact) mass is 415 g/mol. The van der Waals surface area contributed by atoms with Crippen molar-refractivity contribution in [1.82, 2.24) is 5.32 Å². The van der Waals surface area contributed by atoms with Gasteiger partial charge < -0.3 is 45.1 Å². The largest absolute Gasteiger partial charge is 0.497 e. The van der Waals surface area contributed by atoms with Crippen LogP contribution in [0.15, 0.2) is 24.3 Å². The van der Waals surface area contributed by atoms with Crippen LogP contribution in [0, 0.1) is 0 Å². The summed E-state index contributed by atoms with van der Waals surface area (Å²) in [6.07, 6.45) is -7.26.